The van der Waals surface area contributed by atoms with Crippen LogP contribution in [0.5, 0.6) is 0 Å². The molecule has 0 radical (unpaired) electrons. The summed E-state index contributed by atoms with van der Waals surface area (Å²) in [6.07, 6.45) is 2.44. The number of hydrogen-bond donors (Lipinski definition) is 2. The normalized spacial score (nSPS) is 21.5. The third kappa shape index (κ3) is 3.86. The molecule has 0 bridgehead atoms. The highest BCUT2D eigenvalue weighted by molar-refractivity contribution is 5.97. The number of carbonyl (C=O) groups is 3. The number of carbonyl (C=O) groups excluding carboxylic acids is 3. The Kier molecular flexibility index (Phi) is 4.66. The van der Waals surface area contributed by atoms with Gasteiger partial charge in [-0.25, -0.2) is 0 Å². The molecule has 0 unspecified atom stereocenters. The topological polar surface area (TPSA) is 91.7 Å². The van der Waals surface area contributed by atoms with E-state index in [4.69, 9.17) is 4.42 Å². The van der Waals surface area contributed by atoms with Crippen LogP contribution in [0.25, 0.3) is 0 Å². The Morgan fingerprint density at radius 3 is 2.74 bits per heavy atom. The summed E-state index contributed by atoms with van der Waals surface area (Å²) < 4.78 is 5.35. The van der Waals surface area contributed by atoms with Crippen molar-refractivity contribution in [2.24, 2.45) is 5.92 Å². The van der Waals surface area contributed by atoms with E-state index in [0.29, 0.717) is 25.2 Å². The molecule has 1 aliphatic heterocycles. The average Bonchev–Trinajstić information content (AvgIpc) is 3.31. The molecule has 1 aromatic heterocycles. The van der Waals surface area contributed by atoms with Crippen LogP contribution >= 0.6 is 0 Å². The van der Waals surface area contributed by atoms with Crippen molar-refractivity contribution >= 4 is 17.7 Å². The number of piperazine rings is 1. The van der Waals surface area contributed by atoms with Gasteiger partial charge in [0.2, 0.25) is 11.8 Å². The van der Waals surface area contributed by atoms with Gasteiger partial charge >= 0.3 is 0 Å². The lowest BCUT2D eigenvalue weighted by Crippen LogP contribution is -2.49. The molecule has 4 rings (SSSR count). The smallest absolute Gasteiger partial charge is 0.254 e. The third-order valence-electron chi connectivity index (χ3n) is 5.03. The molecule has 2 atom stereocenters. The number of hydrogen-bond acceptors (Lipinski definition) is 4. The second-order valence-corrected chi connectivity index (χ2v) is 6.96. The molecule has 2 fully saturated rings. The molecule has 1 aromatic carbocycles. The largest absolute Gasteiger partial charge is 0.469 e. The molecule has 27 heavy (non-hydrogen) atoms. The lowest BCUT2D eigenvalue weighted by molar-refractivity contribution is -0.123. The highest BCUT2D eigenvalue weighted by Gasteiger charge is 2.45. The Labute approximate surface area is 156 Å². The van der Waals surface area contributed by atoms with E-state index in [-0.39, 0.29) is 36.1 Å². The summed E-state index contributed by atoms with van der Waals surface area (Å²) in [5.74, 6) is 0.755. The zero-order valence-electron chi connectivity index (χ0n) is 14.8. The van der Waals surface area contributed by atoms with E-state index in [0.717, 1.165) is 17.7 Å². The van der Waals surface area contributed by atoms with E-state index >= 15 is 0 Å². The fourth-order valence-electron chi connectivity index (χ4n) is 3.38. The summed E-state index contributed by atoms with van der Waals surface area (Å²) in [6.45, 7) is 1.51. The van der Waals surface area contributed by atoms with Gasteiger partial charge in [0, 0.05) is 37.0 Å². The molecule has 2 aromatic rings. The molecule has 1 saturated heterocycles. The SMILES string of the molecule is O=C1CN(C(=O)c2ccc(CNC(=O)[C@H]3C[C@H]3c3ccco3)cc2)CCN1. The van der Waals surface area contributed by atoms with Gasteiger partial charge in [0.15, 0.2) is 0 Å². The third-order valence-corrected chi connectivity index (χ3v) is 5.03. The van der Waals surface area contributed by atoms with Crippen LogP contribution < -0.4 is 10.6 Å². The minimum absolute atomic E-state index is 0.0240. The van der Waals surface area contributed by atoms with Crippen LogP contribution in [-0.4, -0.2) is 42.3 Å². The van der Waals surface area contributed by atoms with Crippen molar-refractivity contribution in [1.82, 2.24) is 15.5 Å². The Balaban J connectivity index is 1.29. The molecular weight excluding hydrogens is 346 g/mol. The molecule has 2 N–H and O–H groups in total. The van der Waals surface area contributed by atoms with Crippen molar-refractivity contribution < 1.29 is 18.8 Å². The van der Waals surface area contributed by atoms with Crippen LogP contribution in [-0.2, 0) is 16.1 Å². The molecule has 140 valence electrons. The number of nitrogens with one attached hydrogen (secondary N) is 2. The van der Waals surface area contributed by atoms with E-state index in [1.165, 1.54) is 4.90 Å². The van der Waals surface area contributed by atoms with Crippen molar-refractivity contribution in [2.45, 2.75) is 18.9 Å². The Morgan fingerprint density at radius 2 is 2.04 bits per heavy atom. The quantitative estimate of drug-likeness (QED) is 0.833. The highest BCUT2D eigenvalue weighted by Crippen LogP contribution is 2.47. The molecule has 3 amide bonds. The number of furan rings is 1. The molecule has 1 saturated carbocycles. The fourth-order valence-corrected chi connectivity index (χ4v) is 3.38. The van der Waals surface area contributed by atoms with Crippen LogP contribution in [0, 0.1) is 5.92 Å². The van der Waals surface area contributed by atoms with Crippen molar-refractivity contribution in [3.63, 3.8) is 0 Å². The van der Waals surface area contributed by atoms with Crippen LogP contribution in [0.3, 0.4) is 0 Å². The maximum absolute atomic E-state index is 12.4. The second-order valence-electron chi connectivity index (χ2n) is 6.96. The second kappa shape index (κ2) is 7.26. The van der Waals surface area contributed by atoms with E-state index in [9.17, 15) is 14.4 Å². The molecule has 1 aliphatic carbocycles. The van der Waals surface area contributed by atoms with E-state index < -0.39 is 0 Å². The fraction of sp³-hybridized carbons (Fsp3) is 0.350. The van der Waals surface area contributed by atoms with Crippen molar-refractivity contribution in [3.05, 3.63) is 59.5 Å². The first-order valence-corrected chi connectivity index (χ1v) is 9.08. The summed E-state index contributed by atoms with van der Waals surface area (Å²) in [7, 11) is 0. The molecule has 2 aliphatic rings. The highest BCUT2D eigenvalue weighted by atomic mass is 16.3. The van der Waals surface area contributed by atoms with Gasteiger partial charge < -0.3 is 20.0 Å². The van der Waals surface area contributed by atoms with Crippen molar-refractivity contribution in [1.29, 1.82) is 0 Å². The summed E-state index contributed by atoms with van der Waals surface area (Å²) in [4.78, 5) is 37.6. The maximum Gasteiger partial charge on any atom is 0.254 e. The van der Waals surface area contributed by atoms with Gasteiger partial charge in [0.05, 0.1) is 12.8 Å². The van der Waals surface area contributed by atoms with Gasteiger partial charge in [-0.2, -0.15) is 0 Å². The van der Waals surface area contributed by atoms with Gasteiger partial charge in [0.1, 0.15) is 5.76 Å². The number of amides is 3. The van der Waals surface area contributed by atoms with Gasteiger partial charge in [-0.15, -0.1) is 0 Å². The van der Waals surface area contributed by atoms with E-state index in [2.05, 4.69) is 10.6 Å². The lowest BCUT2D eigenvalue weighted by atomic mass is 10.1. The number of benzene rings is 1. The molecule has 2 heterocycles. The zero-order valence-corrected chi connectivity index (χ0v) is 14.8. The molecule has 7 heteroatoms. The Bertz CT molecular complexity index is 845. The van der Waals surface area contributed by atoms with Crippen LogP contribution in [0.15, 0.2) is 47.1 Å². The maximum atomic E-state index is 12.4. The standard InChI is InChI=1S/C20H21N3O4/c24-18-12-23(8-7-21-18)20(26)14-5-3-13(4-6-14)11-22-19(25)16-10-15(16)17-2-1-9-27-17/h1-6,9,15-16H,7-8,10-12H2,(H,21,24)(H,22,25)/t15-,16+/m1/s1. The predicted octanol–water partition coefficient (Wildman–Crippen LogP) is 1.27. The lowest BCUT2D eigenvalue weighted by Gasteiger charge is -2.26. The van der Waals surface area contributed by atoms with Crippen molar-refractivity contribution in [3.8, 4) is 0 Å². The minimum atomic E-state index is -0.153. The number of nitrogens with zero attached hydrogens (tertiary/aromatic N) is 1. The Hall–Kier alpha value is -3.09. The average molecular weight is 367 g/mol. The summed E-state index contributed by atoms with van der Waals surface area (Å²) in [6, 6.07) is 10.9. The van der Waals surface area contributed by atoms with Gasteiger partial charge in [-0.05, 0) is 36.2 Å². The van der Waals surface area contributed by atoms with Crippen LogP contribution in [0.4, 0.5) is 0 Å². The van der Waals surface area contributed by atoms with E-state index in [1.807, 2.05) is 24.3 Å². The first-order valence-electron chi connectivity index (χ1n) is 9.08. The molecule has 0 spiro atoms. The van der Waals surface area contributed by atoms with Gasteiger partial charge in [-0.3, -0.25) is 14.4 Å². The summed E-state index contributed by atoms with van der Waals surface area (Å²) in [5, 5.41) is 5.64. The van der Waals surface area contributed by atoms with Crippen LogP contribution in [0.1, 0.15) is 34.0 Å². The monoisotopic (exact) mass is 367 g/mol. The molecule has 7 nitrogen and oxygen atoms in total. The number of rotatable bonds is 5. The van der Waals surface area contributed by atoms with E-state index in [1.54, 1.807) is 18.4 Å². The van der Waals surface area contributed by atoms with Crippen molar-refractivity contribution in [2.75, 3.05) is 19.6 Å². The summed E-state index contributed by atoms with van der Waals surface area (Å²) >= 11 is 0. The van der Waals surface area contributed by atoms with Gasteiger partial charge in [-0.1, -0.05) is 12.1 Å². The first-order chi connectivity index (χ1) is 13.1. The first kappa shape index (κ1) is 17.3. The zero-order chi connectivity index (χ0) is 18.8. The van der Waals surface area contributed by atoms with Gasteiger partial charge in [0.25, 0.3) is 5.91 Å². The minimum Gasteiger partial charge on any atom is -0.469 e. The predicted molar refractivity (Wildman–Crippen MR) is 96.8 cm³/mol. The van der Waals surface area contributed by atoms with Crippen LogP contribution in [0.2, 0.25) is 0 Å². The summed E-state index contributed by atoms with van der Waals surface area (Å²) in [5.41, 5.74) is 1.46. The molecular formula is C20H21N3O4. The Morgan fingerprint density at radius 1 is 1.22 bits per heavy atom.